The molecule has 27 nitrogen and oxygen atoms in total. The Labute approximate surface area is 728 Å². The van der Waals surface area contributed by atoms with Crippen molar-refractivity contribution < 1.29 is 137 Å². The van der Waals surface area contributed by atoms with Crippen molar-refractivity contribution in [2.75, 3.05) is 115 Å². The maximum absolute atomic E-state index is 14.0. The van der Waals surface area contributed by atoms with E-state index in [-0.39, 0.29) is 69.1 Å². The summed E-state index contributed by atoms with van der Waals surface area (Å²) in [4.78, 5) is 92.1. The van der Waals surface area contributed by atoms with E-state index in [0.717, 1.165) is 59.4 Å². The van der Waals surface area contributed by atoms with Crippen LogP contribution in [0.1, 0.15) is 144 Å². The number of aromatic hydroxyl groups is 2. The van der Waals surface area contributed by atoms with Gasteiger partial charge in [-0.1, -0.05) is 46.3 Å². The van der Waals surface area contributed by atoms with Crippen LogP contribution in [0.5, 0.6) is 69.0 Å². The van der Waals surface area contributed by atoms with Gasteiger partial charge in [-0.3, -0.25) is 28.8 Å². The summed E-state index contributed by atoms with van der Waals surface area (Å²) in [5.41, 5.74) is 12.7. The molecule has 0 heterocycles. The van der Waals surface area contributed by atoms with E-state index in [1.165, 1.54) is 91.0 Å². The molecule has 32 heteroatoms. The number of esters is 3. The van der Waals surface area contributed by atoms with Gasteiger partial charge < -0.3 is 92.7 Å². The van der Waals surface area contributed by atoms with Gasteiger partial charge >= 0.3 is 17.9 Å². The number of phenols is 2. The zero-order valence-electron chi connectivity index (χ0n) is 72.8. The molecular formula is C92H111BrF4N2O25. The summed E-state index contributed by atoms with van der Waals surface area (Å²) in [6.45, 7) is 19.8. The summed E-state index contributed by atoms with van der Waals surface area (Å²) in [6.07, 6.45) is 7.36. The third-order valence-electron chi connectivity index (χ3n) is 15.3. The minimum absolute atomic E-state index is 0.169. The third kappa shape index (κ3) is 42.4. The summed E-state index contributed by atoms with van der Waals surface area (Å²) < 4.78 is 130. The van der Waals surface area contributed by atoms with Crippen LogP contribution in [0, 0.1) is 23.3 Å². The van der Waals surface area contributed by atoms with Crippen LogP contribution in [0.4, 0.5) is 17.6 Å². The number of hydrogen-bond donors (Lipinski definition) is 4. The molecule has 6 N–H and O–H groups in total. The van der Waals surface area contributed by atoms with E-state index in [2.05, 4.69) is 15.9 Å². The number of methoxy groups -OCH3 is 8. The Morgan fingerprint density at radius 2 is 0.718 bits per heavy atom. The second kappa shape index (κ2) is 56.3. The Kier molecular flexibility index (Phi) is 48.9. The first-order valence-electron chi connectivity index (χ1n) is 38.0. The molecule has 0 aliphatic heterocycles. The zero-order valence-corrected chi connectivity index (χ0v) is 74.4. The fourth-order valence-corrected chi connectivity index (χ4v) is 9.75. The van der Waals surface area contributed by atoms with E-state index >= 15 is 0 Å². The number of ketones is 4. The lowest BCUT2D eigenvalue weighted by atomic mass is 10.0. The van der Waals surface area contributed by atoms with Gasteiger partial charge in [0.15, 0.2) is 129 Å². The smallest absolute Gasteiger partial charge is 0.344 e. The number of aldehydes is 1. The number of ether oxygens (including phenoxy) is 15. The van der Waals surface area contributed by atoms with Crippen molar-refractivity contribution in [3.05, 3.63) is 226 Å². The number of alkyl halides is 1. The van der Waals surface area contributed by atoms with Gasteiger partial charge in [0.2, 0.25) is 0 Å². The Bertz CT molecular complexity index is 4800. The molecule has 0 saturated heterocycles. The molecule has 674 valence electrons. The summed E-state index contributed by atoms with van der Waals surface area (Å²) >= 11 is 2.99. The second-order valence-corrected chi connectivity index (χ2v) is 29.0. The van der Waals surface area contributed by atoms with Gasteiger partial charge in [0.1, 0.15) is 28.4 Å². The van der Waals surface area contributed by atoms with E-state index in [9.17, 15) is 61.0 Å². The Morgan fingerprint density at radius 1 is 0.387 bits per heavy atom. The van der Waals surface area contributed by atoms with Crippen LogP contribution >= 0.6 is 15.9 Å². The van der Waals surface area contributed by atoms with E-state index in [1.807, 2.05) is 32.9 Å². The maximum atomic E-state index is 14.0. The van der Waals surface area contributed by atoms with Crippen molar-refractivity contribution in [1.82, 2.24) is 0 Å². The highest BCUT2D eigenvalue weighted by Crippen LogP contribution is 2.33. The minimum atomic E-state index is -0.763. The summed E-state index contributed by atoms with van der Waals surface area (Å²) in [7, 11) is 12.3. The van der Waals surface area contributed by atoms with Gasteiger partial charge in [-0.2, -0.15) is 0 Å². The van der Waals surface area contributed by atoms with Crippen molar-refractivity contribution in [3.8, 4) is 69.0 Å². The molecule has 0 spiro atoms. The lowest BCUT2D eigenvalue weighted by Crippen LogP contribution is -2.27. The van der Waals surface area contributed by atoms with Crippen LogP contribution in [-0.2, 0) is 44.5 Å². The van der Waals surface area contributed by atoms with Crippen molar-refractivity contribution in [2.45, 2.75) is 98.9 Å². The monoisotopic (exact) mass is 1800 g/mol. The quantitative estimate of drug-likeness (QED) is 0.00425. The predicted octanol–water partition coefficient (Wildman–Crippen LogP) is 16.2. The fraction of sp³-hybridized carbons (Fsp3) is 0.348. The molecule has 8 aromatic carbocycles. The molecule has 0 amide bonds. The fourth-order valence-electron chi connectivity index (χ4n) is 9.64. The number of halogens is 5. The first-order valence-corrected chi connectivity index (χ1v) is 39.1. The molecule has 0 bridgehead atoms. The van der Waals surface area contributed by atoms with Gasteiger partial charge in [-0.25, -0.2) is 27.2 Å². The number of hydrogen-bond acceptors (Lipinski definition) is 27. The number of rotatable bonds is 34. The standard InChI is InChI=1S/C23H27FO6.C23H25FO6.C17H15FO4.C9H10O3.C8H7FO2.C6H11BrO2.C6H16N2O2/c2*1-23(2,3)30-22(26)14-29-20-13-16(8-9-17(20)24)18(25)10-6-15-7-11-19(27-4)21(12-15)28-5;1-21-16-8-4-11(9-17(16)22-2)3-7-14(19)12-5-6-13(18)15(20)10-12;1-11-8-4-3-7(6-10)5-9(8)12-2;1-5(10)6-2-3-7(9)8(11)4-6;1-6(2,3)9-5(8)4-7;7-1-3-9-5-6-10-4-2-8/h7-9,11-13H,6,10,14H2,1-5H3;6-13H,14H2,1-5H3;3-10,20H,1-2H3;3-6H,1-2H3;2-4,11H,1H3;4H2,1-3H3;1-8H2/b;10-6+;7-3+;;;;. The molecule has 8 aromatic rings. The van der Waals surface area contributed by atoms with E-state index in [1.54, 1.807) is 136 Å². The van der Waals surface area contributed by atoms with E-state index in [4.69, 9.17) is 87.6 Å². The zero-order chi connectivity index (χ0) is 93.3. The molecule has 0 saturated carbocycles. The van der Waals surface area contributed by atoms with E-state index in [0.29, 0.717) is 109 Å². The average Bonchev–Trinajstić information content (AvgIpc) is 0.871. The number of benzene rings is 8. The average molecular weight is 1800 g/mol. The molecule has 0 aromatic heterocycles. The van der Waals surface area contributed by atoms with Gasteiger partial charge in [0.05, 0.1) is 83.3 Å². The minimum Gasteiger partial charge on any atom is -0.505 e. The number of aryl methyl sites for hydroxylation is 1. The largest absolute Gasteiger partial charge is 0.505 e. The highest BCUT2D eigenvalue weighted by Gasteiger charge is 2.22. The van der Waals surface area contributed by atoms with Crippen LogP contribution in [-0.4, -0.2) is 189 Å². The Hall–Kier alpha value is -12.4. The first kappa shape index (κ1) is 108. The molecule has 124 heavy (non-hydrogen) atoms. The van der Waals surface area contributed by atoms with Gasteiger partial charge in [-0.05, 0) is 232 Å². The van der Waals surface area contributed by atoms with Gasteiger partial charge in [0, 0.05) is 47.3 Å². The maximum Gasteiger partial charge on any atom is 0.344 e. The Morgan fingerprint density at radius 3 is 1.07 bits per heavy atom. The number of carbonyl (C=O) groups is 8. The Balaban J connectivity index is 0.000000516. The summed E-state index contributed by atoms with van der Waals surface area (Å²) in [5.74, 6) is -2.11. The SMILES string of the molecule is CC(=O)c1ccc(F)c(O)c1.CC(C)(C)OC(=O)CBr.COc1ccc(/C=C/C(=O)c2ccc(F)c(O)c2)cc1OC.COc1ccc(/C=C/C(=O)c2ccc(F)c(OCC(=O)OC(C)(C)C)c2)cc1OC.COc1ccc(C=O)cc1OC.COc1ccc(CCC(=O)c2ccc(F)c(OCC(=O)OC(C)(C)C)c2)cc1OC.NCCOCCOCCN. The number of allylic oxidation sites excluding steroid dienone is 2. The molecule has 0 atom stereocenters. The number of Topliss-reactive ketones (excluding diaryl/α,β-unsaturated/α-hetero) is 2. The predicted molar refractivity (Wildman–Crippen MR) is 464 cm³/mol. The topological polar surface area (TPSA) is 368 Å². The van der Waals surface area contributed by atoms with Crippen LogP contribution in [0.2, 0.25) is 0 Å². The van der Waals surface area contributed by atoms with Crippen molar-refractivity contribution in [2.24, 2.45) is 11.5 Å². The summed E-state index contributed by atoms with van der Waals surface area (Å²) in [5, 5.41) is 18.4. The molecule has 0 fully saturated rings. The molecule has 0 radical (unpaired) electrons. The lowest BCUT2D eigenvalue weighted by Gasteiger charge is -2.19. The third-order valence-corrected chi connectivity index (χ3v) is 15.8. The van der Waals surface area contributed by atoms with Gasteiger partial charge in [0.25, 0.3) is 0 Å². The number of nitrogens with two attached hydrogens (primary N) is 2. The van der Waals surface area contributed by atoms with Crippen LogP contribution in [0.3, 0.4) is 0 Å². The van der Waals surface area contributed by atoms with Gasteiger partial charge in [-0.15, -0.1) is 0 Å². The van der Waals surface area contributed by atoms with Crippen molar-refractivity contribution >= 4 is 75.4 Å². The van der Waals surface area contributed by atoms with Crippen LogP contribution in [0.25, 0.3) is 12.2 Å². The lowest BCUT2D eigenvalue weighted by molar-refractivity contribution is -0.158. The summed E-state index contributed by atoms with van der Waals surface area (Å²) in [6, 6.07) is 35.4. The first-order chi connectivity index (χ1) is 58.6. The van der Waals surface area contributed by atoms with E-state index < -0.39 is 71.1 Å². The molecule has 8 rings (SSSR count). The van der Waals surface area contributed by atoms with Crippen LogP contribution < -0.4 is 58.8 Å². The van der Waals surface area contributed by atoms with Crippen molar-refractivity contribution in [1.29, 1.82) is 0 Å². The molecule has 0 unspecified atom stereocenters. The highest BCUT2D eigenvalue weighted by molar-refractivity contribution is 9.09. The van der Waals surface area contributed by atoms with Crippen LogP contribution in [0.15, 0.2) is 158 Å². The normalized spacial score (nSPS) is 10.7. The number of phenolic OH excluding ortho intramolecular Hbond substituents is 2. The molecule has 0 aliphatic carbocycles. The molecule has 0 aliphatic rings. The van der Waals surface area contributed by atoms with Crippen molar-refractivity contribution in [3.63, 3.8) is 0 Å². The highest BCUT2D eigenvalue weighted by atomic mass is 79.9. The second-order valence-electron chi connectivity index (χ2n) is 28.4. The molecular weight excluding hydrogens is 1690 g/mol. The number of carbonyl (C=O) groups excluding carboxylic acids is 8.